The van der Waals surface area contributed by atoms with Gasteiger partial charge in [0.1, 0.15) is 17.8 Å². The molecule has 7 heteroatoms. The van der Waals surface area contributed by atoms with E-state index in [1.165, 1.54) is 12.7 Å². The first-order chi connectivity index (χ1) is 13.2. The SMILES string of the molecule is COc1cccc(-c2ncc(-c3ccc(NC(=O)c4cocn4)cc3)[nH]2)c1. The Bertz CT molecular complexity index is 1050. The molecule has 0 aliphatic carbocycles. The number of nitrogens with one attached hydrogen (secondary N) is 2. The summed E-state index contributed by atoms with van der Waals surface area (Å²) in [6.07, 6.45) is 4.29. The number of hydrogen-bond acceptors (Lipinski definition) is 5. The van der Waals surface area contributed by atoms with E-state index < -0.39 is 0 Å². The number of H-pyrrole nitrogens is 1. The van der Waals surface area contributed by atoms with Gasteiger partial charge in [-0.25, -0.2) is 9.97 Å². The summed E-state index contributed by atoms with van der Waals surface area (Å²) in [4.78, 5) is 23.5. The molecule has 1 amide bonds. The van der Waals surface area contributed by atoms with E-state index in [0.29, 0.717) is 5.69 Å². The molecule has 134 valence electrons. The van der Waals surface area contributed by atoms with Crippen molar-refractivity contribution in [2.45, 2.75) is 0 Å². The van der Waals surface area contributed by atoms with Crippen LogP contribution in [0, 0.1) is 0 Å². The average molecular weight is 360 g/mol. The number of imidazole rings is 1. The molecule has 7 nitrogen and oxygen atoms in total. The molecule has 0 bridgehead atoms. The summed E-state index contributed by atoms with van der Waals surface area (Å²) >= 11 is 0. The van der Waals surface area contributed by atoms with Crippen LogP contribution in [0.15, 0.2) is 71.8 Å². The highest BCUT2D eigenvalue weighted by Gasteiger charge is 2.10. The fourth-order valence-corrected chi connectivity index (χ4v) is 2.64. The zero-order valence-electron chi connectivity index (χ0n) is 14.5. The molecule has 0 aliphatic heterocycles. The molecule has 27 heavy (non-hydrogen) atoms. The molecule has 0 fully saturated rings. The first-order valence-electron chi connectivity index (χ1n) is 8.22. The monoisotopic (exact) mass is 360 g/mol. The standard InChI is InChI=1S/C20H16N4O3/c1-26-16-4-2-3-14(9-16)19-21-10-17(24-19)13-5-7-15(8-6-13)23-20(25)18-11-27-12-22-18/h2-12H,1H3,(H,21,24)(H,23,25). The van der Waals surface area contributed by atoms with Crippen molar-refractivity contribution in [3.8, 4) is 28.4 Å². The molecule has 4 rings (SSSR count). The third-order valence-corrected chi connectivity index (χ3v) is 4.04. The van der Waals surface area contributed by atoms with E-state index in [1.54, 1.807) is 13.3 Å². The molecule has 0 radical (unpaired) electrons. The molecule has 0 spiro atoms. The van der Waals surface area contributed by atoms with Crippen LogP contribution in [-0.4, -0.2) is 28.0 Å². The van der Waals surface area contributed by atoms with Crippen LogP contribution in [-0.2, 0) is 0 Å². The quantitative estimate of drug-likeness (QED) is 0.561. The number of ether oxygens (including phenoxy) is 1. The van der Waals surface area contributed by atoms with Crippen molar-refractivity contribution >= 4 is 11.6 Å². The Balaban J connectivity index is 1.51. The van der Waals surface area contributed by atoms with Gasteiger partial charge in [-0.15, -0.1) is 0 Å². The van der Waals surface area contributed by atoms with E-state index in [0.717, 1.165) is 28.4 Å². The van der Waals surface area contributed by atoms with E-state index in [4.69, 9.17) is 9.15 Å². The Morgan fingerprint density at radius 3 is 2.70 bits per heavy atom. The molecule has 4 aromatic rings. The molecule has 0 saturated carbocycles. The van der Waals surface area contributed by atoms with Crippen LogP contribution in [0.25, 0.3) is 22.6 Å². The number of carbonyl (C=O) groups excluding carboxylic acids is 1. The van der Waals surface area contributed by atoms with Crippen LogP contribution >= 0.6 is 0 Å². The van der Waals surface area contributed by atoms with Gasteiger partial charge in [0.15, 0.2) is 12.1 Å². The predicted molar refractivity (Wildman–Crippen MR) is 100 cm³/mol. The Hall–Kier alpha value is -3.87. The van der Waals surface area contributed by atoms with Crippen molar-refractivity contribution in [2.24, 2.45) is 0 Å². The Morgan fingerprint density at radius 1 is 1.11 bits per heavy atom. The Labute approximate surface area is 155 Å². The maximum absolute atomic E-state index is 12.0. The third kappa shape index (κ3) is 3.57. The summed E-state index contributed by atoms with van der Waals surface area (Å²) in [5.74, 6) is 1.21. The van der Waals surface area contributed by atoms with Crippen LogP contribution in [0.4, 0.5) is 5.69 Å². The van der Waals surface area contributed by atoms with Gasteiger partial charge in [0.05, 0.1) is 19.0 Å². The van der Waals surface area contributed by atoms with Gasteiger partial charge in [-0.2, -0.15) is 0 Å². The van der Waals surface area contributed by atoms with Gasteiger partial charge in [-0.3, -0.25) is 4.79 Å². The van der Waals surface area contributed by atoms with Gasteiger partial charge >= 0.3 is 0 Å². The van der Waals surface area contributed by atoms with Gasteiger partial charge in [0.2, 0.25) is 0 Å². The molecular weight excluding hydrogens is 344 g/mol. The molecule has 2 aromatic heterocycles. The van der Waals surface area contributed by atoms with Crippen LogP contribution in [0.5, 0.6) is 5.75 Å². The van der Waals surface area contributed by atoms with Gasteiger partial charge < -0.3 is 19.5 Å². The van der Waals surface area contributed by atoms with E-state index in [9.17, 15) is 4.79 Å². The maximum atomic E-state index is 12.0. The lowest BCUT2D eigenvalue weighted by atomic mass is 10.1. The van der Waals surface area contributed by atoms with Crippen molar-refractivity contribution in [2.75, 3.05) is 12.4 Å². The minimum absolute atomic E-state index is 0.232. The van der Waals surface area contributed by atoms with Crippen molar-refractivity contribution in [3.05, 3.63) is 73.1 Å². The minimum Gasteiger partial charge on any atom is -0.497 e. The largest absolute Gasteiger partial charge is 0.497 e. The molecule has 2 N–H and O–H groups in total. The van der Waals surface area contributed by atoms with Crippen LogP contribution in [0.2, 0.25) is 0 Å². The summed E-state index contributed by atoms with van der Waals surface area (Å²) in [5, 5.41) is 2.77. The van der Waals surface area contributed by atoms with Crippen molar-refractivity contribution < 1.29 is 13.9 Å². The molecule has 0 saturated heterocycles. The highest BCUT2D eigenvalue weighted by atomic mass is 16.5. The predicted octanol–water partition coefficient (Wildman–Crippen LogP) is 3.99. The lowest BCUT2D eigenvalue weighted by Crippen LogP contribution is -2.11. The maximum Gasteiger partial charge on any atom is 0.277 e. The van der Waals surface area contributed by atoms with E-state index in [1.807, 2.05) is 48.5 Å². The summed E-state index contributed by atoms with van der Waals surface area (Å²) in [7, 11) is 1.63. The lowest BCUT2D eigenvalue weighted by molar-refractivity contribution is 0.102. The topological polar surface area (TPSA) is 93.0 Å². The van der Waals surface area contributed by atoms with E-state index in [2.05, 4.69) is 20.3 Å². The number of benzene rings is 2. The number of carbonyl (C=O) groups is 1. The number of methoxy groups -OCH3 is 1. The van der Waals surface area contributed by atoms with Gasteiger partial charge in [0, 0.05) is 11.3 Å². The highest BCUT2D eigenvalue weighted by molar-refractivity contribution is 6.02. The number of amides is 1. The van der Waals surface area contributed by atoms with Gasteiger partial charge in [0.25, 0.3) is 5.91 Å². The molecule has 2 heterocycles. The molecular formula is C20H16N4O3. The number of aromatic nitrogens is 3. The van der Waals surface area contributed by atoms with Crippen LogP contribution in [0.1, 0.15) is 10.5 Å². The fourth-order valence-electron chi connectivity index (χ4n) is 2.64. The average Bonchev–Trinajstić information content (AvgIpc) is 3.41. The Morgan fingerprint density at radius 2 is 1.96 bits per heavy atom. The molecule has 0 unspecified atom stereocenters. The van der Waals surface area contributed by atoms with Crippen LogP contribution in [0.3, 0.4) is 0 Å². The summed E-state index contributed by atoms with van der Waals surface area (Å²) in [5.41, 5.74) is 3.67. The Kier molecular flexibility index (Phi) is 4.40. The minimum atomic E-state index is -0.321. The van der Waals surface area contributed by atoms with E-state index >= 15 is 0 Å². The summed E-state index contributed by atoms with van der Waals surface area (Å²) in [6.45, 7) is 0. The number of rotatable bonds is 5. The number of nitrogens with zero attached hydrogens (tertiary/aromatic N) is 2. The second-order valence-corrected chi connectivity index (χ2v) is 5.78. The second-order valence-electron chi connectivity index (χ2n) is 5.78. The smallest absolute Gasteiger partial charge is 0.277 e. The second kappa shape index (κ2) is 7.17. The lowest BCUT2D eigenvalue weighted by Gasteiger charge is -2.04. The summed E-state index contributed by atoms with van der Waals surface area (Å²) < 4.78 is 10.1. The zero-order chi connectivity index (χ0) is 18.6. The molecule has 0 aliphatic rings. The van der Waals surface area contributed by atoms with Crippen molar-refractivity contribution in [1.82, 2.24) is 15.0 Å². The first kappa shape index (κ1) is 16.6. The summed E-state index contributed by atoms with van der Waals surface area (Å²) in [6, 6.07) is 15.1. The zero-order valence-corrected chi connectivity index (χ0v) is 14.5. The molecule has 2 aromatic carbocycles. The normalized spacial score (nSPS) is 10.6. The number of anilines is 1. The number of oxazole rings is 1. The third-order valence-electron chi connectivity index (χ3n) is 4.04. The fraction of sp³-hybridized carbons (Fsp3) is 0.0500. The molecule has 0 atom stereocenters. The highest BCUT2D eigenvalue weighted by Crippen LogP contribution is 2.25. The van der Waals surface area contributed by atoms with Crippen molar-refractivity contribution in [3.63, 3.8) is 0 Å². The van der Waals surface area contributed by atoms with Crippen LogP contribution < -0.4 is 10.1 Å². The number of aromatic amines is 1. The van der Waals surface area contributed by atoms with E-state index in [-0.39, 0.29) is 11.6 Å². The number of hydrogen-bond donors (Lipinski definition) is 2. The van der Waals surface area contributed by atoms with Crippen molar-refractivity contribution in [1.29, 1.82) is 0 Å². The van der Waals surface area contributed by atoms with Gasteiger partial charge in [-0.05, 0) is 29.8 Å². The van der Waals surface area contributed by atoms with Gasteiger partial charge in [-0.1, -0.05) is 24.3 Å². The first-order valence-corrected chi connectivity index (χ1v) is 8.22.